The van der Waals surface area contributed by atoms with Crippen molar-refractivity contribution in [1.29, 1.82) is 0 Å². The first-order chi connectivity index (χ1) is 8.14. The predicted octanol–water partition coefficient (Wildman–Crippen LogP) is 3.37. The molecule has 0 saturated heterocycles. The largest absolute Gasteiger partial charge is 0.487 e. The normalized spacial score (nSPS) is 31.8. The Morgan fingerprint density at radius 2 is 2.18 bits per heavy atom. The molecule has 1 saturated carbocycles. The smallest absolute Gasteiger partial charge is 0.125 e. The van der Waals surface area contributed by atoms with Crippen molar-refractivity contribution in [1.82, 2.24) is 0 Å². The Morgan fingerprint density at radius 1 is 1.41 bits per heavy atom. The van der Waals surface area contributed by atoms with Crippen LogP contribution in [0.5, 0.6) is 5.75 Å². The number of fused-ring (bicyclic) bond motifs is 1. The third kappa shape index (κ3) is 1.75. The second kappa shape index (κ2) is 3.74. The van der Waals surface area contributed by atoms with E-state index in [1.807, 2.05) is 12.1 Å². The van der Waals surface area contributed by atoms with E-state index in [2.05, 4.69) is 19.9 Å². The van der Waals surface area contributed by atoms with Crippen molar-refractivity contribution in [3.05, 3.63) is 29.3 Å². The van der Waals surface area contributed by atoms with E-state index in [9.17, 15) is 5.11 Å². The highest BCUT2D eigenvalue weighted by Crippen LogP contribution is 2.52. The first-order valence-electron chi connectivity index (χ1n) is 6.62. The van der Waals surface area contributed by atoms with Gasteiger partial charge in [-0.05, 0) is 44.2 Å². The molecule has 2 aliphatic rings. The zero-order chi connectivity index (χ0) is 12.0. The summed E-state index contributed by atoms with van der Waals surface area (Å²) in [5.74, 6) is 1.54. The lowest BCUT2D eigenvalue weighted by Crippen LogP contribution is -2.42. The van der Waals surface area contributed by atoms with Crippen LogP contribution in [0.4, 0.5) is 0 Å². The summed E-state index contributed by atoms with van der Waals surface area (Å²) in [4.78, 5) is 0. The van der Waals surface area contributed by atoms with Crippen molar-refractivity contribution in [3.63, 3.8) is 0 Å². The summed E-state index contributed by atoms with van der Waals surface area (Å²) in [5.41, 5.74) is 2.04. The molecule has 92 valence electrons. The lowest BCUT2D eigenvalue weighted by atomic mass is 9.83. The number of hydrogen-bond acceptors (Lipinski definition) is 2. The third-order valence-electron chi connectivity index (χ3n) is 4.30. The molecular formula is C15H20O2. The molecule has 1 N–H and O–H groups in total. The van der Waals surface area contributed by atoms with Gasteiger partial charge in [0.05, 0.1) is 6.10 Å². The highest BCUT2D eigenvalue weighted by molar-refractivity contribution is 5.41. The Labute approximate surface area is 103 Å². The average molecular weight is 232 g/mol. The molecule has 2 unspecified atom stereocenters. The zero-order valence-electron chi connectivity index (χ0n) is 10.6. The molecule has 17 heavy (non-hydrogen) atoms. The van der Waals surface area contributed by atoms with Crippen molar-refractivity contribution in [2.75, 3.05) is 0 Å². The van der Waals surface area contributed by atoms with E-state index in [0.717, 1.165) is 24.2 Å². The van der Waals surface area contributed by atoms with E-state index in [1.54, 1.807) is 0 Å². The Balaban J connectivity index is 1.99. The van der Waals surface area contributed by atoms with Gasteiger partial charge in [-0.2, -0.15) is 0 Å². The molecule has 1 heterocycles. The molecule has 0 radical (unpaired) electrons. The maximum Gasteiger partial charge on any atom is 0.125 e. The summed E-state index contributed by atoms with van der Waals surface area (Å²) >= 11 is 0. The Kier molecular flexibility index (Phi) is 2.44. The molecule has 0 bridgehead atoms. The van der Waals surface area contributed by atoms with Crippen molar-refractivity contribution < 1.29 is 9.84 Å². The van der Waals surface area contributed by atoms with Gasteiger partial charge in [-0.1, -0.05) is 18.6 Å². The quantitative estimate of drug-likeness (QED) is 0.847. The lowest BCUT2D eigenvalue weighted by Gasteiger charge is -2.41. The number of rotatable bonds is 2. The molecule has 2 nitrogen and oxygen atoms in total. The molecule has 0 amide bonds. The first kappa shape index (κ1) is 11.1. The fraction of sp³-hybridized carbons (Fsp3) is 0.600. The summed E-state index contributed by atoms with van der Waals surface area (Å²) < 4.78 is 6.26. The van der Waals surface area contributed by atoms with Crippen LogP contribution in [-0.4, -0.2) is 10.7 Å². The van der Waals surface area contributed by atoms with Crippen molar-refractivity contribution in [2.45, 2.75) is 51.2 Å². The van der Waals surface area contributed by atoms with Gasteiger partial charge >= 0.3 is 0 Å². The molecule has 1 aliphatic heterocycles. The Bertz CT molecular complexity index is 437. The van der Waals surface area contributed by atoms with Crippen LogP contribution in [0.1, 0.15) is 49.8 Å². The second-order valence-electron chi connectivity index (χ2n) is 5.56. The minimum atomic E-state index is -0.362. The van der Waals surface area contributed by atoms with E-state index in [4.69, 9.17) is 4.74 Å². The Morgan fingerprint density at radius 3 is 2.82 bits per heavy atom. The fourth-order valence-corrected chi connectivity index (χ4v) is 3.08. The van der Waals surface area contributed by atoms with Crippen molar-refractivity contribution in [2.24, 2.45) is 5.92 Å². The van der Waals surface area contributed by atoms with Crippen LogP contribution in [0.3, 0.4) is 0 Å². The second-order valence-corrected chi connectivity index (χ2v) is 5.56. The molecular weight excluding hydrogens is 212 g/mol. The van der Waals surface area contributed by atoms with Gasteiger partial charge in [0, 0.05) is 12.0 Å². The molecule has 1 fully saturated rings. The number of aliphatic hydroxyl groups is 1. The summed E-state index contributed by atoms with van der Waals surface area (Å²) in [5, 5.41) is 10.3. The minimum absolute atomic E-state index is 0.109. The average Bonchev–Trinajstić information content (AvgIpc) is 3.14. The van der Waals surface area contributed by atoms with Gasteiger partial charge in [0.2, 0.25) is 0 Å². The maximum absolute atomic E-state index is 10.3. The van der Waals surface area contributed by atoms with Gasteiger partial charge in [0.1, 0.15) is 11.4 Å². The topological polar surface area (TPSA) is 29.5 Å². The summed E-state index contributed by atoms with van der Waals surface area (Å²) in [7, 11) is 0. The monoisotopic (exact) mass is 232 g/mol. The molecule has 0 spiro atoms. The maximum atomic E-state index is 10.3. The van der Waals surface area contributed by atoms with Crippen LogP contribution in [0, 0.1) is 12.8 Å². The van der Waals surface area contributed by atoms with Gasteiger partial charge in [0.25, 0.3) is 0 Å². The summed E-state index contributed by atoms with van der Waals surface area (Å²) in [6.07, 6.45) is 3.88. The van der Waals surface area contributed by atoms with Crippen LogP contribution in [0.15, 0.2) is 18.2 Å². The van der Waals surface area contributed by atoms with Gasteiger partial charge in [-0.3, -0.25) is 0 Å². The van der Waals surface area contributed by atoms with Crippen LogP contribution in [-0.2, 0) is 0 Å². The first-order valence-corrected chi connectivity index (χ1v) is 6.62. The minimum Gasteiger partial charge on any atom is -0.487 e. The Hall–Kier alpha value is -1.02. The van der Waals surface area contributed by atoms with Crippen LogP contribution in [0.2, 0.25) is 0 Å². The molecule has 2 atom stereocenters. The van der Waals surface area contributed by atoms with Gasteiger partial charge in [0.15, 0.2) is 0 Å². The third-order valence-corrected chi connectivity index (χ3v) is 4.30. The van der Waals surface area contributed by atoms with E-state index in [0.29, 0.717) is 5.92 Å². The van der Waals surface area contributed by atoms with E-state index in [-0.39, 0.29) is 11.7 Å². The van der Waals surface area contributed by atoms with Gasteiger partial charge < -0.3 is 9.84 Å². The van der Waals surface area contributed by atoms with E-state index in [1.165, 1.54) is 18.4 Å². The molecule has 0 aromatic heterocycles. The van der Waals surface area contributed by atoms with E-state index < -0.39 is 0 Å². The molecule has 1 aliphatic carbocycles. The molecule has 1 aromatic rings. The van der Waals surface area contributed by atoms with Crippen molar-refractivity contribution >= 4 is 0 Å². The van der Waals surface area contributed by atoms with Gasteiger partial charge in [-0.25, -0.2) is 0 Å². The number of aliphatic hydroxyl groups excluding tert-OH is 1. The number of hydrogen-bond donors (Lipinski definition) is 1. The molecule has 2 heteroatoms. The number of ether oxygens (including phenoxy) is 1. The molecule has 3 rings (SSSR count). The SMILES string of the molecule is CCC1(C2CC2)CC(O)c2cc(C)ccc2O1. The summed E-state index contributed by atoms with van der Waals surface area (Å²) in [6.45, 7) is 4.22. The van der Waals surface area contributed by atoms with Crippen LogP contribution in [0.25, 0.3) is 0 Å². The highest BCUT2D eigenvalue weighted by atomic mass is 16.5. The number of benzene rings is 1. The number of aryl methyl sites for hydroxylation is 1. The highest BCUT2D eigenvalue weighted by Gasteiger charge is 2.49. The lowest BCUT2D eigenvalue weighted by molar-refractivity contribution is -0.0328. The van der Waals surface area contributed by atoms with Crippen molar-refractivity contribution in [3.8, 4) is 5.75 Å². The molecule has 1 aromatic carbocycles. The zero-order valence-corrected chi connectivity index (χ0v) is 10.6. The fourth-order valence-electron chi connectivity index (χ4n) is 3.08. The van der Waals surface area contributed by atoms with Crippen LogP contribution >= 0.6 is 0 Å². The standard InChI is InChI=1S/C15H20O2/c1-3-15(11-5-6-11)9-13(16)12-8-10(2)4-7-14(12)17-15/h4,7-8,11,13,16H,3,5-6,9H2,1-2H3. The predicted molar refractivity (Wildman–Crippen MR) is 67.1 cm³/mol. The summed E-state index contributed by atoms with van der Waals surface area (Å²) in [6, 6.07) is 6.12. The van der Waals surface area contributed by atoms with E-state index >= 15 is 0 Å². The van der Waals surface area contributed by atoms with Crippen LogP contribution < -0.4 is 4.74 Å². The van der Waals surface area contributed by atoms with Gasteiger partial charge in [-0.15, -0.1) is 0 Å².